The van der Waals surface area contributed by atoms with Crippen molar-refractivity contribution in [3.8, 4) is 0 Å². The quantitative estimate of drug-likeness (QED) is 0.0282. The van der Waals surface area contributed by atoms with E-state index in [0.29, 0.717) is 19.3 Å². The van der Waals surface area contributed by atoms with Crippen LogP contribution in [0.2, 0.25) is 0 Å². The van der Waals surface area contributed by atoms with E-state index in [4.69, 9.17) is 14.2 Å². The van der Waals surface area contributed by atoms with Gasteiger partial charge in [-0.3, -0.25) is 9.59 Å². The van der Waals surface area contributed by atoms with Crippen LogP contribution in [0.5, 0.6) is 0 Å². The summed E-state index contributed by atoms with van der Waals surface area (Å²) in [6.45, 7) is 4.67. The lowest BCUT2D eigenvalue weighted by Gasteiger charge is -2.31. The summed E-state index contributed by atoms with van der Waals surface area (Å²) in [5.74, 6) is -1.52. The smallest absolute Gasteiger partial charge is 0.362 e. The summed E-state index contributed by atoms with van der Waals surface area (Å²) in [5.41, 5.74) is 0. The first-order chi connectivity index (χ1) is 29.1. The molecule has 0 fully saturated rings. The van der Waals surface area contributed by atoms with E-state index in [1.807, 2.05) is 21.1 Å². The van der Waals surface area contributed by atoms with Crippen molar-refractivity contribution in [3.05, 3.63) is 60.8 Å². The molecule has 60 heavy (non-hydrogen) atoms. The van der Waals surface area contributed by atoms with Crippen LogP contribution in [0.1, 0.15) is 200 Å². The van der Waals surface area contributed by atoms with Crippen molar-refractivity contribution in [1.29, 1.82) is 0 Å². The molecular weight excluding hydrogens is 751 g/mol. The number of carboxylic acids is 1. The van der Waals surface area contributed by atoms with Gasteiger partial charge in [-0.2, -0.15) is 0 Å². The molecule has 0 aromatic carbocycles. The Balaban J connectivity index is 4.36. The average Bonchev–Trinajstić information content (AvgIpc) is 3.21. The third-order valence-electron chi connectivity index (χ3n) is 10.7. The fourth-order valence-corrected chi connectivity index (χ4v) is 6.88. The minimum absolute atomic E-state index is 0.0472. The van der Waals surface area contributed by atoms with Gasteiger partial charge in [0.1, 0.15) is 6.61 Å². The highest BCUT2D eigenvalue weighted by atomic mass is 16.6. The van der Waals surface area contributed by atoms with Crippen molar-refractivity contribution >= 4 is 17.9 Å². The summed E-state index contributed by atoms with van der Waals surface area (Å²) in [4.78, 5) is 37.1. The predicted octanol–water partition coefficient (Wildman–Crippen LogP) is 13.8. The molecule has 0 heterocycles. The van der Waals surface area contributed by atoms with Crippen LogP contribution in [0.25, 0.3) is 0 Å². The highest BCUT2D eigenvalue weighted by Crippen LogP contribution is 2.15. The number of rotatable bonds is 43. The fraction of sp³-hybridized carbons (Fsp3) is 0.750. The molecule has 346 valence electrons. The number of ether oxygens (including phenoxy) is 3. The van der Waals surface area contributed by atoms with Crippen molar-refractivity contribution in [3.63, 3.8) is 0 Å². The Bertz CT molecular complexity index is 1170. The van der Waals surface area contributed by atoms with E-state index in [9.17, 15) is 19.5 Å². The third-order valence-corrected chi connectivity index (χ3v) is 10.7. The molecule has 0 saturated carbocycles. The van der Waals surface area contributed by atoms with Gasteiger partial charge in [0, 0.05) is 19.3 Å². The minimum atomic E-state index is -0.881. The minimum Gasteiger partial charge on any atom is -0.477 e. The maximum atomic E-state index is 12.8. The summed E-state index contributed by atoms with van der Waals surface area (Å²) >= 11 is 0. The van der Waals surface area contributed by atoms with E-state index in [1.165, 1.54) is 103 Å². The van der Waals surface area contributed by atoms with Crippen LogP contribution in [0.4, 0.5) is 0 Å². The first-order valence-electron chi connectivity index (χ1n) is 24.3. The van der Waals surface area contributed by atoms with E-state index < -0.39 is 18.1 Å². The number of allylic oxidation sites excluding steroid dienone is 10. The zero-order valence-electron chi connectivity index (χ0n) is 39.4. The molecule has 0 radical (unpaired) electrons. The van der Waals surface area contributed by atoms with E-state index >= 15 is 0 Å². The maximum absolute atomic E-state index is 12.8. The average molecular weight is 843 g/mol. The van der Waals surface area contributed by atoms with Gasteiger partial charge in [0.15, 0.2) is 12.1 Å². The van der Waals surface area contributed by atoms with Crippen molar-refractivity contribution in [2.24, 2.45) is 0 Å². The molecule has 0 spiro atoms. The second-order valence-corrected chi connectivity index (χ2v) is 17.4. The molecule has 0 aromatic rings. The second-order valence-electron chi connectivity index (χ2n) is 17.4. The molecule has 2 unspecified atom stereocenters. The standard InChI is InChI=1S/C52H91NO7/c1-6-8-10-12-14-16-18-20-22-23-24-25-26-27-29-30-32-34-36-38-40-42-50(54)59-47-48(46-58-45-44-49(52(56)57)53(3,4)5)60-51(55)43-41-39-37-35-33-31-28-21-19-17-15-13-11-9-7-2/h14,16,20,22,24-25,27,29,32,34,48-49H,6-13,15,17-19,21,23,26,28,30-31,33,35-47H2,1-5H3/p+1/b16-14+,22-20+,25-24+,29-27+,34-32+. The monoisotopic (exact) mass is 843 g/mol. The van der Waals surface area contributed by atoms with Crippen LogP contribution in [-0.4, -0.2) is 80.6 Å². The summed E-state index contributed by atoms with van der Waals surface area (Å²) in [7, 11) is 5.52. The number of unbranched alkanes of at least 4 members (excludes halogenated alkanes) is 19. The molecule has 8 nitrogen and oxygen atoms in total. The molecule has 0 bridgehead atoms. The normalized spacial score (nSPS) is 13.4. The van der Waals surface area contributed by atoms with Gasteiger partial charge in [-0.1, -0.05) is 177 Å². The van der Waals surface area contributed by atoms with Gasteiger partial charge in [-0.05, 0) is 64.2 Å². The molecule has 0 aliphatic rings. The topological polar surface area (TPSA) is 99.1 Å². The highest BCUT2D eigenvalue weighted by Gasteiger charge is 2.31. The van der Waals surface area contributed by atoms with E-state index in [0.717, 1.165) is 64.2 Å². The number of carboxylic acid groups (broad SMARTS) is 1. The zero-order chi connectivity index (χ0) is 44.2. The maximum Gasteiger partial charge on any atom is 0.362 e. The molecule has 1 N–H and O–H groups in total. The van der Waals surface area contributed by atoms with Crippen molar-refractivity contribution in [2.75, 3.05) is 41.0 Å². The third kappa shape index (κ3) is 40.4. The summed E-state index contributed by atoms with van der Waals surface area (Å²) < 4.78 is 17.3. The van der Waals surface area contributed by atoms with E-state index in [2.05, 4.69) is 74.6 Å². The molecule has 0 saturated heterocycles. The SMILES string of the molecule is CCCCC/C=C/C/C=C/C/C=C/C/C=C/C/C=C/CCCCC(=O)OCC(COCCC(C(=O)O)[N+](C)(C)C)OC(=O)CCCCCCCCCCCCCCCCC. The Morgan fingerprint density at radius 2 is 0.883 bits per heavy atom. The number of aliphatic carboxylic acids is 1. The molecule has 0 rings (SSSR count). The lowest BCUT2D eigenvalue weighted by Crippen LogP contribution is -2.50. The van der Waals surface area contributed by atoms with Crippen LogP contribution in [0.15, 0.2) is 60.8 Å². The zero-order valence-corrected chi connectivity index (χ0v) is 39.4. The molecule has 0 aliphatic heterocycles. The summed E-state index contributed by atoms with van der Waals surface area (Å²) in [6.07, 6.45) is 52.6. The Kier molecular flexibility index (Phi) is 40.6. The lowest BCUT2D eigenvalue weighted by molar-refractivity contribution is -0.887. The van der Waals surface area contributed by atoms with Gasteiger partial charge in [0.05, 0.1) is 34.4 Å². The van der Waals surface area contributed by atoms with Crippen LogP contribution in [0, 0.1) is 0 Å². The van der Waals surface area contributed by atoms with Crippen molar-refractivity contribution in [1.82, 2.24) is 0 Å². The first kappa shape index (κ1) is 57.0. The molecule has 0 aromatic heterocycles. The second kappa shape index (κ2) is 42.7. The summed E-state index contributed by atoms with van der Waals surface area (Å²) in [5, 5.41) is 9.64. The molecule has 2 atom stereocenters. The van der Waals surface area contributed by atoms with Gasteiger partial charge in [0.25, 0.3) is 0 Å². The Hall–Kier alpha value is -2.97. The molecule has 0 aliphatic carbocycles. The van der Waals surface area contributed by atoms with Gasteiger partial charge in [-0.15, -0.1) is 0 Å². The number of nitrogens with zero attached hydrogens (tertiary/aromatic N) is 1. The van der Waals surface area contributed by atoms with Crippen LogP contribution in [0.3, 0.4) is 0 Å². The largest absolute Gasteiger partial charge is 0.477 e. The van der Waals surface area contributed by atoms with Gasteiger partial charge >= 0.3 is 17.9 Å². The number of quaternary nitrogens is 1. The fourth-order valence-electron chi connectivity index (χ4n) is 6.88. The Labute approximate surface area is 368 Å². The van der Waals surface area contributed by atoms with Gasteiger partial charge in [-0.25, -0.2) is 4.79 Å². The van der Waals surface area contributed by atoms with Gasteiger partial charge < -0.3 is 23.8 Å². The van der Waals surface area contributed by atoms with Crippen LogP contribution in [-0.2, 0) is 28.6 Å². The van der Waals surface area contributed by atoms with Crippen molar-refractivity contribution < 1.29 is 38.2 Å². The summed E-state index contributed by atoms with van der Waals surface area (Å²) in [6, 6.07) is -0.622. The predicted molar refractivity (Wildman–Crippen MR) is 252 cm³/mol. The molecule has 0 amide bonds. The van der Waals surface area contributed by atoms with E-state index in [-0.39, 0.29) is 36.2 Å². The van der Waals surface area contributed by atoms with Crippen molar-refractivity contribution in [2.45, 2.75) is 212 Å². The Morgan fingerprint density at radius 1 is 0.500 bits per heavy atom. The number of esters is 2. The van der Waals surface area contributed by atoms with Crippen LogP contribution < -0.4 is 0 Å². The number of carbonyl (C=O) groups excluding carboxylic acids is 2. The van der Waals surface area contributed by atoms with Crippen LogP contribution >= 0.6 is 0 Å². The molecular formula is C52H92NO7+. The number of carbonyl (C=O) groups is 3. The number of likely N-dealkylation sites (N-methyl/N-ethyl adjacent to an activating group) is 1. The Morgan fingerprint density at radius 3 is 1.33 bits per heavy atom. The number of hydrogen-bond acceptors (Lipinski definition) is 6. The van der Waals surface area contributed by atoms with E-state index in [1.54, 1.807) is 0 Å². The van der Waals surface area contributed by atoms with Gasteiger partial charge in [0.2, 0.25) is 0 Å². The number of hydrogen-bond donors (Lipinski definition) is 1. The first-order valence-corrected chi connectivity index (χ1v) is 24.3. The molecule has 8 heteroatoms. The highest BCUT2D eigenvalue weighted by molar-refractivity contribution is 5.72. The lowest BCUT2D eigenvalue weighted by atomic mass is 10.0.